The third kappa shape index (κ3) is 3.39. The molecule has 1 aliphatic rings. The normalized spacial score (nSPS) is 16.1. The first-order valence-electron chi connectivity index (χ1n) is 7.92. The fourth-order valence-electron chi connectivity index (χ4n) is 3.00. The highest BCUT2D eigenvalue weighted by Crippen LogP contribution is 2.39. The number of hydrogen-bond donors (Lipinski definition) is 1. The number of anilines is 1. The van der Waals surface area contributed by atoms with Gasteiger partial charge in [-0.3, -0.25) is 4.79 Å². The van der Waals surface area contributed by atoms with Gasteiger partial charge in [0.1, 0.15) is 17.6 Å². The largest absolute Gasteiger partial charge is 0.390 e. The maximum absolute atomic E-state index is 12.3. The molecular formula is C16H17N5O3S. The van der Waals surface area contributed by atoms with Crippen molar-refractivity contribution in [2.24, 2.45) is 5.92 Å². The Morgan fingerprint density at radius 3 is 3.04 bits per heavy atom. The number of aryl methyl sites for hydroxylation is 1. The summed E-state index contributed by atoms with van der Waals surface area (Å²) in [6, 6.07) is 3.52. The summed E-state index contributed by atoms with van der Waals surface area (Å²) in [4.78, 5) is 23.6. The van der Waals surface area contributed by atoms with Gasteiger partial charge in [0.15, 0.2) is 0 Å². The van der Waals surface area contributed by atoms with E-state index in [0.717, 1.165) is 29.7 Å². The van der Waals surface area contributed by atoms with Crippen LogP contribution in [0.1, 0.15) is 35.0 Å². The fraction of sp³-hybridized carbons (Fsp3) is 0.438. The molecule has 0 saturated heterocycles. The summed E-state index contributed by atoms with van der Waals surface area (Å²) in [6.45, 7) is 3.70. The van der Waals surface area contributed by atoms with Crippen LogP contribution < -0.4 is 5.32 Å². The summed E-state index contributed by atoms with van der Waals surface area (Å²) in [7, 11) is 0. The van der Waals surface area contributed by atoms with Gasteiger partial charge in [-0.1, -0.05) is 6.92 Å². The maximum Gasteiger partial charge on any atom is 0.390 e. The zero-order chi connectivity index (χ0) is 18.1. The smallest absolute Gasteiger partial charge is 0.358 e. The number of nitro groups is 1. The molecule has 0 spiro atoms. The zero-order valence-electron chi connectivity index (χ0n) is 13.9. The number of fused-ring (bicyclic) bond motifs is 1. The first-order chi connectivity index (χ1) is 11.9. The first kappa shape index (κ1) is 17.1. The van der Waals surface area contributed by atoms with E-state index in [-0.39, 0.29) is 18.3 Å². The fourth-order valence-corrected chi connectivity index (χ4v) is 4.38. The second-order valence-electron chi connectivity index (χ2n) is 6.27. The van der Waals surface area contributed by atoms with E-state index in [1.165, 1.54) is 22.1 Å². The number of amides is 1. The van der Waals surface area contributed by atoms with Crippen molar-refractivity contribution in [2.45, 2.75) is 39.7 Å². The molecule has 3 rings (SSSR count). The average Bonchev–Trinajstić information content (AvgIpc) is 3.07. The van der Waals surface area contributed by atoms with Crippen LogP contribution in [0.3, 0.4) is 0 Å². The Morgan fingerprint density at radius 2 is 2.40 bits per heavy atom. The van der Waals surface area contributed by atoms with E-state index in [0.29, 0.717) is 22.2 Å². The van der Waals surface area contributed by atoms with Gasteiger partial charge in [0.2, 0.25) is 5.91 Å². The molecule has 0 fully saturated rings. The van der Waals surface area contributed by atoms with Crippen LogP contribution in [0.4, 0.5) is 10.8 Å². The molecule has 130 valence electrons. The molecule has 0 bridgehead atoms. The second-order valence-corrected chi connectivity index (χ2v) is 7.38. The molecule has 0 saturated carbocycles. The molecule has 1 aliphatic carbocycles. The number of nitrogens with one attached hydrogen (secondary N) is 1. The number of rotatable bonds is 4. The molecule has 9 heteroatoms. The van der Waals surface area contributed by atoms with Gasteiger partial charge in [0.25, 0.3) is 0 Å². The van der Waals surface area contributed by atoms with E-state index in [1.807, 2.05) is 0 Å². The van der Waals surface area contributed by atoms with Crippen LogP contribution in [0.2, 0.25) is 0 Å². The van der Waals surface area contributed by atoms with Gasteiger partial charge in [-0.15, -0.1) is 11.3 Å². The van der Waals surface area contributed by atoms with Crippen LogP contribution in [-0.4, -0.2) is 20.6 Å². The summed E-state index contributed by atoms with van der Waals surface area (Å²) in [5.74, 6) is -0.0682. The van der Waals surface area contributed by atoms with Crippen molar-refractivity contribution in [3.05, 3.63) is 37.9 Å². The van der Waals surface area contributed by atoms with Crippen molar-refractivity contribution in [3.63, 3.8) is 0 Å². The summed E-state index contributed by atoms with van der Waals surface area (Å²) >= 11 is 1.45. The van der Waals surface area contributed by atoms with Gasteiger partial charge in [0.05, 0.1) is 22.4 Å². The predicted octanol–water partition coefficient (Wildman–Crippen LogP) is 2.80. The van der Waals surface area contributed by atoms with Crippen LogP contribution >= 0.6 is 11.3 Å². The molecule has 1 amide bonds. The molecule has 2 heterocycles. The van der Waals surface area contributed by atoms with Crippen molar-refractivity contribution >= 4 is 28.1 Å². The summed E-state index contributed by atoms with van der Waals surface area (Å²) in [5, 5.41) is 27.4. The molecule has 2 aromatic rings. The minimum Gasteiger partial charge on any atom is -0.358 e. The van der Waals surface area contributed by atoms with E-state index in [4.69, 9.17) is 0 Å². The van der Waals surface area contributed by atoms with Crippen LogP contribution in [0.5, 0.6) is 0 Å². The monoisotopic (exact) mass is 359 g/mol. The number of nitriles is 1. The van der Waals surface area contributed by atoms with Crippen LogP contribution in [0, 0.1) is 34.3 Å². The third-order valence-corrected chi connectivity index (χ3v) is 5.49. The lowest BCUT2D eigenvalue weighted by Crippen LogP contribution is -2.20. The highest BCUT2D eigenvalue weighted by Gasteiger charge is 2.25. The highest BCUT2D eigenvalue weighted by molar-refractivity contribution is 7.16. The molecule has 25 heavy (non-hydrogen) atoms. The first-order valence-corrected chi connectivity index (χ1v) is 8.74. The van der Waals surface area contributed by atoms with E-state index < -0.39 is 4.92 Å². The highest BCUT2D eigenvalue weighted by atomic mass is 32.1. The van der Waals surface area contributed by atoms with Gasteiger partial charge in [-0.25, -0.2) is 0 Å². The molecule has 2 aromatic heterocycles. The maximum atomic E-state index is 12.3. The lowest BCUT2D eigenvalue weighted by molar-refractivity contribution is -0.389. The Balaban J connectivity index is 1.78. The molecule has 0 aliphatic heterocycles. The van der Waals surface area contributed by atoms with Crippen molar-refractivity contribution in [1.82, 2.24) is 9.78 Å². The third-order valence-electron chi connectivity index (χ3n) is 4.33. The molecule has 0 aromatic carbocycles. The number of nitrogens with zero attached hydrogens (tertiary/aromatic N) is 4. The van der Waals surface area contributed by atoms with Gasteiger partial charge in [0, 0.05) is 4.88 Å². The number of carbonyl (C=O) groups excluding carboxylic acids is 1. The Morgan fingerprint density at radius 1 is 1.64 bits per heavy atom. The summed E-state index contributed by atoms with van der Waals surface area (Å²) < 4.78 is 1.29. The topological polar surface area (TPSA) is 114 Å². The number of hydrogen-bond acceptors (Lipinski definition) is 6. The van der Waals surface area contributed by atoms with E-state index in [1.54, 1.807) is 6.92 Å². The molecule has 1 atom stereocenters. The Kier molecular flexibility index (Phi) is 4.55. The van der Waals surface area contributed by atoms with E-state index in [2.05, 4.69) is 23.4 Å². The predicted molar refractivity (Wildman–Crippen MR) is 92.5 cm³/mol. The zero-order valence-corrected chi connectivity index (χ0v) is 14.7. The number of thiophene rings is 1. The SMILES string of the molecule is Cc1cc([N+](=O)[O-])nn1CC(=O)Nc1sc2c(c1C#N)CC[C@H](C)C2. The molecule has 0 unspecified atom stereocenters. The summed E-state index contributed by atoms with van der Waals surface area (Å²) in [6.07, 6.45) is 2.83. The van der Waals surface area contributed by atoms with Gasteiger partial charge in [-0.2, -0.15) is 9.94 Å². The van der Waals surface area contributed by atoms with Gasteiger partial charge < -0.3 is 15.4 Å². The van der Waals surface area contributed by atoms with Gasteiger partial charge >= 0.3 is 5.82 Å². The Bertz CT molecular complexity index is 892. The van der Waals surface area contributed by atoms with Crippen molar-refractivity contribution in [2.75, 3.05) is 5.32 Å². The minimum absolute atomic E-state index is 0.135. The molecule has 0 radical (unpaired) electrons. The lowest BCUT2D eigenvalue weighted by atomic mass is 9.89. The molecule has 8 nitrogen and oxygen atoms in total. The Labute approximate surface area is 148 Å². The van der Waals surface area contributed by atoms with E-state index in [9.17, 15) is 20.2 Å². The summed E-state index contributed by atoms with van der Waals surface area (Å²) in [5.41, 5.74) is 2.12. The standard InChI is InChI=1S/C16H17N5O3S/c1-9-3-4-11-12(7-17)16(25-13(11)5-9)18-15(22)8-20-10(2)6-14(19-20)21(23)24/h6,9H,3-5,8H2,1-2H3,(H,18,22)/t9-/m0/s1. The van der Waals surface area contributed by atoms with Crippen molar-refractivity contribution in [1.29, 1.82) is 5.26 Å². The number of carbonyl (C=O) groups is 1. The second kappa shape index (κ2) is 6.64. The van der Waals surface area contributed by atoms with Crippen LogP contribution in [0.15, 0.2) is 6.07 Å². The van der Waals surface area contributed by atoms with Crippen molar-refractivity contribution < 1.29 is 9.72 Å². The van der Waals surface area contributed by atoms with Gasteiger partial charge in [-0.05, 0) is 42.6 Å². The van der Waals surface area contributed by atoms with E-state index >= 15 is 0 Å². The molecule has 1 N–H and O–H groups in total. The van der Waals surface area contributed by atoms with Crippen LogP contribution in [0.25, 0.3) is 0 Å². The Hall–Kier alpha value is -2.73. The van der Waals surface area contributed by atoms with Crippen LogP contribution in [-0.2, 0) is 24.2 Å². The molecular weight excluding hydrogens is 342 g/mol. The van der Waals surface area contributed by atoms with Crippen molar-refractivity contribution in [3.8, 4) is 6.07 Å². The number of aromatic nitrogens is 2. The minimum atomic E-state index is -0.594. The lowest BCUT2D eigenvalue weighted by Gasteiger charge is -2.17. The quantitative estimate of drug-likeness (QED) is 0.666. The average molecular weight is 359 g/mol.